The second-order valence-corrected chi connectivity index (χ2v) is 6.41. The fourth-order valence-corrected chi connectivity index (χ4v) is 2.97. The van der Waals surface area contributed by atoms with Gasteiger partial charge in [-0.15, -0.1) is 0 Å². The molecule has 1 saturated carbocycles. The number of ether oxygens (including phenoxy) is 1. The number of nitrogens with one attached hydrogen (secondary N) is 1. The van der Waals surface area contributed by atoms with Crippen molar-refractivity contribution in [2.24, 2.45) is 0 Å². The van der Waals surface area contributed by atoms with Gasteiger partial charge >= 0.3 is 0 Å². The van der Waals surface area contributed by atoms with Crippen molar-refractivity contribution in [2.45, 2.75) is 38.2 Å². The molecule has 1 heterocycles. The highest BCUT2D eigenvalue weighted by Gasteiger charge is 2.18. The van der Waals surface area contributed by atoms with Gasteiger partial charge in [-0.2, -0.15) is 4.98 Å². The molecular weight excluding hydrogens is 335 g/mol. The summed E-state index contributed by atoms with van der Waals surface area (Å²) >= 11 is 12.2. The lowest BCUT2D eigenvalue weighted by Gasteiger charge is -2.23. The summed E-state index contributed by atoms with van der Waals surface area (Å²) in [4.78, 5) is 8.33. The molecule has 1 aliphatic rings. The minimum absolute atomic E-state index is 0.170. The van der Waals surface area contributed by atoms with Crippen LogP contribution in [-0.4, -0.2) is 16.1 Å². The van der Waals surface area contributed by atoms with Crippen LogP contribution in [0.1, 0.15) is 32.1 Å². The highest BCUT2D eigenvalue weighted by Crippen LogP contribution is 2.33. The third kappa shape index (κ3) is 3.98. The Morgan fingerprint density at radius 3 is 2.70 bits per heavy atom. The third-order valence-electron chi connectivity index (χ3n) is 3.86. The first-order chi connectivity index (χ1) is 11.1. The molecule has 5 nitrogen and oxygen atoms in total. The molecule has 23 heavy (non-hydrogen) atoms. The molecular formula is C16H18Cl2N4O. The molecule has 7 heteroatoms. The monoisotopic (exact) mass is 352 g/mol. The smallest absolute Gasteiger partial charge is 0.242 e. The molecule has 3 rings (SSSR count). The van der Waals surface area contributed by atoms with Gasteiger partial charge in [-0.25, -0.2) is 4.98 Å². The van der Waals surface area contributed by atoms with E-state index in [1.165, 1.54) is 25.6 Å². The first-order valence-corrected chi connectivity index (χ1v) is 8.38. The molecule has 3 N–H and O–H groups in total. The van der Waals surface area contributed by atoms with Crippen molar-refractivity contribution >= 4 is 40.4 Å². The number of nitrogens with two attached hydrogens (primary N) is 1. The number of hydrogen-bond donors (Lipinski definition) is 2. The number of rotatable bonds is 4. The zero-order chi connectivity index (χ0) is 16.2. The van der Waals surface area contributed by atoms with Gasteiger partial charge < -0.3 is 15.8 Å². The minimum atomic E-state index is 0.170. The average Bonchev–Trinajstić information content (AvgIpc) is 2.55. The van der Waals surface area contributed by atoms with Crippen LogP contribution in [0.2, 0.25) is 10.0 Å². The quantitative estimate of drug-likeness (QED) is 0.824. The van der Waals surface area contributed by atoms with E-state index in [-0.39, 0.29) is 6.10 Å². The van der Waals surface area contributed by atoms with Gasteiger partial charge in [0.05, 0.1) is 10.7 Å². The Kier molecular flexibility index (Phi) is 5.08. The minimum Gasteiger partial charge on any atom is -0.473 e. The van der Waals surface area contributed by atoms with Crippen LogP contribution < -0.4 is 15.8 Å². The molecule has 0 amide bonds. The zero-order valence-corrected chi connectivity index (χ0v) is 14.1. The van der Waals surface area contributed by atoms with Crippen LogP contribution in [0, 0.1) is 0 Å². The summed E-state index contributed by atoms with van der Waals surface area (Å²) in [6.45, 7) is 0. The first kappa shape index (κ1) is 16.1. The van der Waals surface area contributed by atoms with Crippen LogP contribution in [0.25, 0.3) is 0 Å². The predicted octanol–water partition coefficient (Wildman–Crippen LogP) is 4.82. The lowest BCUT2D eigenvalue weighted by atomic mass is 9.98. The van der Waals surface area contributed by atoms with E-state index in [1.54, 1.807) is 18.2 Å². The van der Waals surface area contributed by atoms with E-state index in [0.717, 1.165) is 12.8 Å². The maximum atomic E-state index is 6.16. The van der Waals surface area contributed by atoms with Gasteiger partial charge in [0.25, 0.3) is 0 Å². The molecule has 0 unspecified atom stereocenters. The van der Waals surface area contributed by atoms with E-state index in [0.29, 0.717) is 33.1 Å². The summed E-state index contributed by atoms with van der Waals surface area (Å²) in [6.07, 6.45) is 7.29. The zero-order valence-electron chi connectivity index (χ0n) is 12.6. The molecule has 1 fully saturated rings. The van der Waals surface area contributed by atoms with Gasteiger partial charge in [0.1, 0.15) is 18.1 Å². The predicted molar refractivity (Wildman–Crippen MR) is 93.7 cm³/mol. The topological polar surface area (TPSA) is 73.1 Å². The highest BCUT2D eigenvalue weighted by molar-refractivity contribution is 6.35. The second-order valence-electron chi connectivity index (χ2n) is 5.57. The molecule has 0 atom stereocenters. The molecule has 0 spiro atoms. The molecule has 0 radical (unpaired) electrons. The van der Waals surface area contributed by atoms with E-state index < -0.39 is 0 Å². The molecule has 1 aliphatic carbocycles. The van der Waals surface area contributed by atoms with Gasteiger partial charge in [0, 0.05) is 5.02 Å². The van der Waals surface area contributed by atoms with Crippen LogP contribution in [0.5, 0.6) is 5.88 Å². The maximum Gasteiger partial charge on any atom is 0.242 e. The van der Waals surface area contributed by atoms with Crippen molar-refractivity contribution in [3.8, 4) is 5.88 Å². The summed E-state index contributed by atoms with van der Waals surface area (Å²) in [7, 11) is 0. The molecule has 1 aromatic heterocycles. The summed E-state index contributed by atoms with van der Waals surface area (Å²) < 4.78 is 5.94. The lowest BCUT2D eigenvalue weighted by molar-refractivity contribution is 0.149. The number of nitrogen functional groups attached to an aromatic ring is 1. The van der Waals surface area contributed by atoms with Crippen LogP contribution >= 0.6 is 23.2 Å². The Balaban J connectivity index is 1.80. The fraction of sp³-hybridized carbons (Fsp3) is 0.375. The summed E-state index contributed by atoms with van der Waals surface area (Å²) in [5, 5.41) is 4.19. The SMILES string of the molecule is Nc1c(Nc2cc(Cl)ccc2Cl)ncnc1OC1CCCCC1. The Morgan fingerprint density at radius 2 is 1.91 bits per heavy atom. The van der Waals surface area contributed by atoms with Gasteiger partial charge in [-0.05, 0) is 43.9 Å². The largest absolute Gasteiger partial charge is 0.473 e. The van der Waals surface area contributed by atoms with Crippen molar-refractivity contribution < 1.29 is 4.74 Å². The second kappa shape index (κ2) is 7.23. The van der Waals surface area contributed by atoms with E-state index in [2.05, 4.69) is 15.3 Å². The Hall–Kier alpha value is -1.72. The van der Waals surface area contributed by atoms with Gasteiger partial charge in [-0.1, -0.05) is 29.6 Å². The molecule has 122 valence electrons. The highest BCUT2D eigenvalue weighted by atomic mass is 35.5. The number of halogens is 2. The van der Waals surface area contributed by atoms with Crippen molar-refractivity contribution in [3.63, 3.8) is 0 Å². The number of anilines is 3. The van der Waals surface area contributed by atoms with Gasteiger partial charge in [0.2, 0.25) is 5.88 Å². The van der Waals surface area contributed by atoms with Crippen LogP contribution in [0.4, 0.5) is 17.2 Å². The summed E-state index contributed by atoms with van der Waals surface area (Å²) in [5.41, 5.74) is 7.15. The summed E-state index contributed by atoms with van der Waals surface area (Å²) in [5.74, 6) is 0.863. The molecule has 0 saturated heterocycles. The first-order valence-electron chi connectivity index (χ1n) is 7.62. The standard InChI is InChI=1S/C16H18Cl2N4O/c17-10-6-7-12(18)13(8-10)22-15-14(19)16(21-9-20-15)23-11-4-2-1-3-5-11/h6-9,11H,1-5,19H2,(H,20,21,22). The third-order valence-corrected chi connectivity index (χ3v) is 4.42. The van der Waals surface area contributed by atoms with E-state index >= 15 is 0 Å². The van der Waals surface area contributed by atoms with Crippen molar-refractivity contribution in [1.29, 1.82) is 0 Å². The van der Waals surface area contributed by atoms with Crippen molar-refractivity contribution in [1.82, 2.24) is 9.97 Å². The number of benzene rings is 1. The fourth-order valence-electron chi connectivity index (χ4n) is 2.63. The van der Waals surface area contributed by atoms with E-state index in [1.807, 2.05) is 0 Å². The molecule has 0 aliphatic heterocycles. The Bertz CT molecular complexity index is 690. The van der Waals surface area contributed by atoms with Crippen LogP contribution in [0.3, 0.4) is 0 Å². The van der Waals surface area contributed by atoms with Crippen LogP contribution in [0.15, 0.2) is 24.5 Å². The Morgan fingerprint density at radius 1 is 1.13 bits per heavy atom. The molecule has 2 aromatic rings. The number of nitrogens with zero attached hydrogens (tertiary/aromatic N) is 2. The summed E-state index contributed by atoms with van der Waals surface area (Å²) in [6, 6.07) is 5.15. The van der Waals surface area contributed by atoms with Crippen molar-refractivity contribution in [2.75, 3.05) is 11.1 Å². The van der Waals surface area contributed by atoms with Gasteiger partial charge in [-0.3, -0.25) is 0 Å². The normalized spacial score (nSPS) is 15.4. The maximum absolute atomic E-state index is 6.16. The lowest BCUT2D eigenvalue weighted by Crippen LogP contribution is -2.21. The number of hydrogen-bond acceptors (Lipinski definition) is 5. The average molecular weight is 353 g/mol. The molecule has 1 aromatic carbocycles. The van der Waals surface area contributed by atoms with Crippen LogP contribution in [-0.2, 0) is 0 Å². The van der Waals surface area contributed by atoms with E-state index in [9.17, 15) is 0 Å². The number of aromatic nitrogens is 2. The van der Waals surface area contributed by atoms with Gasteiger partial charge in [0.15, 0.2) is 5.82 Å². The van der Waals surface area contributed by atoms with Crippen molar-refractivity contribution in [3.05, 3.63) is 34.6 Å². The van der Waals surface area contributed by atoms with E-state index in [4.69, 9.17) is 33.7 Å². The Labute approximate surface area is 145 Å². The molecule has 0 bridgehead atoms.